The van der Waals surface area contributed by atoms with Crippen molar-refractivity contribution in [3.8, 4) is 5.75 Å². The van der Waals surface area contributed by atoms with Crippen molar-refractivity contribution in [1.82, 2.24) is 5.32 Å². The molecule has 0 heterocycles. The Balaban J connectivity index is 1.42. The van der Waals surface area contributed by atoms with Gasteiger partial charge in [-0.3, -0.25) is 0 Å². The molecule has 31 heavy (non-hydrogen) atoms. The fourth-order valence-corrected chi connectivity index (χ4v) is 2.99. The Morgan fingerprint density at radius 3 is 2.06 bits per heavy atom. The van der Waals surface area contributed by atoms with Crippen LogP contribution in [-0.4, -0.2) is 29.8 Å². The van der Waals surface area contributed by atoms with Gasteiger partial charge >= 0.3 is 12.1 Å². The van der Waals surface area contributed by atoms with Gasteiger partial charge in [0, 0.05) is 12.8 Å². The highest BCUT2D eigenvalue weighted by molar-refractivity contribution is 5.80. The van der Waals surface area contributed by atoms with Gasteiger partial charge in [0.1, 0.15) is 18.4 Å². The first kappa shape index (κ1) is 21.9. The van der Waals surface area contributed by atoms with E-state index in [1.165, 1.54) is 0 Å². The van der Waals surface area contributed by atoms with Gasteiger partial charge in [-0.1, -0.05) is 72.8 Å². The standard InChI is InChI=1S/C25H25NO5/c27-24(28)23(17-20-7-3-1-4-8-20)26-25(29)31-18-21-13-11-19(12-14-21)15-16-30-22-9-5-2-6-10-22/h1-14,23H,15-18H2,(H,26,29)(H,27,28). The molecule has 3 aromatic rings. The van der Waals surface area contributed by atoms with Crippen LogP contribution in [0.4, 0.5) is 4.79 Å². The maximum atomic E-state index is 12.1. The van der Waals surface area contributed by atoms with Crippen LogP contribution >= 0.6 is 0 Å². The molecule has 0 aromatic heterocycles. The average Bonchev–Trinajstić information content (AvgIpc) is 2.79. The minimum Gasteiger partial charge on any atom is -0.493 e. The van der Waals surface area contributed by atoms with Crippen molar-refractivity contribution < 1.29 is 24.2 Å². The number of ether oxygens (including phenoxy) is 2. The Kier molecular flexibility index (Phi) is 8.05. The van der Waals surface area contributed by atoms with E-state index in [-0.39, 0.29) is 13.0 Å². The smallest absolute Gasteiger partial charge is 0.408 e. The van der Waals surface area contributed by atoms with E-state index in [0.29, 0.717) is 6.61 Å². The largest absolute Gasteiger partial charge is 0.493 e. The number of carbonyl (C=O) groups excluding carboxylic acids is 1. The molecule has 2 N–H and O–H groups in total. The van der Waals surface area contributed by atoms with Crippen LogP contribution in [0.5, 0.6) is 5.75 Å². The van der Waals surface area contributed by atoms with Crippen LogP contribution in [0, 0.1) is 0 Å². The highest BCUT2D eigenvalue weighted by Crippen LogP contribution is 2.11. The van der Waals surface area contributed by atoms with E-state index in [2.05, 4.69) is 5.32 Å². The fraction of sp³-hybridized carbons (Fsp3) is 0.200. The number of hydrogen-bond acceptors (Lipinski definition) is 4. The van der Waals surface area contributed by atoms with Gasteiger partial charge in [0.2, 0.25) is 0 Å². The lowest BCUT2D eigenvalue weighted by atomic mass is 10.1. The van der Waals surface area contributed by atoms with Crippen molar-refractivity contribution in [3.05, 3.63) is 102 Å². The zero-order valence-corrected chi connectivity index (χ0v) is 17.1. The molecule has 1 atom stereocenters. The van der Waals surface area contributed by atoms with Gasteiger partial charge in [-0.05, 0) is 28.8 Å². The Hall–Kier alpha value is -3.80. The van der Waals surface area contributed by atoms with Crippen molar-refractivity contribution in [3.63, 3.8) is 0 Å². The zero-order chi connectivity index (χ0) is 21.9. The third-order valence-corrected chi connectivity index (χ3v) is 4.67. The lowest BCUT2D eigenvalue weighted by Crippen LogP contribution is -2.42. The van der Waals surface area contributed by atoms with Crippen LogP contribution in [0.25, 0.3) is 0 Å². The summed E-state index contributed by atoms with van der Waals surface area (Å²) in [4.78, 5) is 23.5. The highest BCUT2D eigenvalue weighted by atomic mass is 16.5. The monoisotopic (exact) mass is 419 g/mol. The van der Waals surface area contributed by atoms with Crippen LogP contribution in [0.2, 0.25) is 0 Å². The predicted octanol–water partition coefficient (Wildman–Crippen LogP) is 4.23. The molecule has 0 aliphatic carbocycles. The lowest BCUT2D eigenvalue weighted by molar-refractivity contribution is -0.139. The first-order valence-electron chi connectivity index (χ1n) is 10.1. The molecule has 6 heteroatoms. The van der Waals surface area contributed by atoms with E-state index in [4.69, 9.17) is 9.47 Å². The number of carboxylic acids is 1. The first-order chi connectivity index (χ1) is 15.1. The number of benzene rings is 3. The van der Waals surface area contributed by atoms with Crippen LogP contribution < -0.4 is 10.1 Å². The Morgan fingerprint density at radius 2 is 1.42 bits per heavy atom. The van der Waals surface area contributed by atoms with Crippen LogP contribution in [0.15, 0.2) is 84.9 Å². The maximum absolute atomic E-state index is 12.1. The fourth-order valence-electron chi connectivity index (χ4n) is 2.99. The number of alkyl carbamates (subject to hydrolysis) is 1. The molecule has 0 bridgehead atoms. The third kappa shape index (κ3) is 7.51. The van der Waals surface area contributed by atoms with E-state index >= 15 is 0 Å². The predicted molar refractivity (Wildman–Crippen MR) is 117 cm³/mol. The summed E-state index contributed by atoms with van der Waals surface area (Å²) in [5, 5.41) is 11.8. The van der Waals surface area contributed by atoms with Gasteiger partial charge in [0.25, 0.3) is 0 Å². The van der Waals surface area contributed by atoms with Gasteiger partial charge in [-0.25, -0.2) is 9.59 Å². The number of para-hydroxylation sites is 1. The topological polar surface area (TPSA) is 84.9 Å². The number of carboxylic acid groups (broad SMARTS) is 1. The number of nitrogens with one attached hydrogen (secondary N) is 1. The Bertz CT molecular complexity index is 958. The number of carbonyl (C=O) groups is 2. The molecule has 0 aliphatic rings. The molecule has 3 aromatic carbocycles. The summed E-state index contributed by atoms with van der Waals surface area (Å²) in [5.41, 5.74) is 2.75. The first-order valence-corrected chi connectivity index (χ1v) is 10.1. The second-order valence-corrected chi connectivity index (χ2v) is 7.03. The molecule has 1 amide bonds. The third-order valence-electron chi connectivity index (χ3n) is 4.67. The molecule has 3 rings (SSSR count). The summed E-state index contributed by atoms with van der Waals surface area (Å²) >= 11 is 0. The number of amides is 1. The van der Waals surface area contributed by atoms with E-state index < -0.39 is 18.1 Å². The molecule has 0 aliphatic heterocycles. The van der Waals surface area contributed by atoms with E-state index in [1.54, 1.807) is 0 Å². The van der Waals surface area contributed by atoms with Gasteiger partial charge < -0.3 is 19.9 Å². The van der Waals surface area contributed by atoms with E-state index in [1.807, 2.05) is 84.9 Å². The van der Waals surface area contributed by atoms with Crippen molar-refractivity contribution in [1.29, 1.82) is 0 Å². The summed E-state index contributed by atoms with van der Waals surface area (Å²) in [7, 11) is 0. The SMILES string of the molecule is O=C(NC(Cc1ccccc1)C(=O)O)OCc1ccc(CCOc2ccccc2)cc1. The zero-order valence-electron chi connectivity index (χ0n) is 17.1. The van der Waals surface area contributed by atoms with Crippen LogP contribution in [-0.2, 0) is 29.0 Å². The summed E-state index contributed by atoms with van der Waals surface area (Å²) in [6.07, 6.45) is 0.185. The molecular formula is C25H25NO5. The molecule has 160 valence electrons. The van der Waals surface area contributed by atoms with E-state index in [0.717, 1.165) is 28.9 Å². The Morgan fingerprint density at radius 1 is 0.806 bits per heavy atom. The molecule has 0 radical (unpaired) electrons. The minimum atomic E-state index is -1.11. The molecule has 0 fully saturated rings. The summed E-state index contributed by atoms with van der Waals surface area (Å²) < 4.78 is 10.9. The van der Waals surface area contributed by atoms with Crippen molar-refractivity contribution >= 4 is 12.1 Å². The van der Waals surface area contributed by atoms with Crippen molar-refractivity contribution in [2.45, 2.75) is 25.5 Å². The summed E-state index contributed by atoms with van der Waals surface area (Å²) in [6, 6.07) is 25.4. The molecule has 0 saturated heterocycles. The van der Waals surface area contributed by atoms with E-state index in [9.17, 15) is 14.7 Å². The quantitative estimate of drug-likeness (QED) is 0.514. The normalized spacial score (nSPS) is 11.4. The number of hydrogen-bond donors (Lipinski definition) is 2. The minimum absolute atomic E-state index is 0.0598. The molecule has 0 spiro atoms. The van der Waals surface area contributed by atoms with Gasteiger partial charge in [-0.15, -0.1) is 0 Å². The second-order valence-electron chi connectivity index (χ2n) is 7.03. The Labute approximate surface area is 181 Å². The lowest BCUT2D eigenvalue weighted by Gasteiger charge is -2.15. The maximum Gasteiger partial charge on any atom is 0.408 e. The van der Waals surface area contributed by atoms with Crippen molar-refractivity contribution in [2.24, 2.45) is 0 Å². The summed E-state index contributed by atoms with van der Waals surface area (Å²) in [5.74, 6) is -0.270. The van der Waals surface area contributed by atoms with Gasteiger partial charge in [-0.2, -0.15) is 0 Å². The molecule has 0 saturated carbocycles. The number of aliphatic carboxylic acids is 1. The van der Waals surface area contributed by atoms with Gasteiger partial charge in [0.15, 0.2) is 0 Å². The number of rotatable bonds is 10. The average molecular weight is 419 g/mol. The molecular weight excluding hydrogens is 394 g/mol. The van der Waals surface area contributed by atoms with Crippen LogP contribution in [0.1, 0.15) is 16.7 Å². The van der Waals surface area contributed by atoms with Gasteiger partial charge in [0.05, 0.1) is 6.61 Å². The summed E-state index contributed by atoms with van der Waals surface area (Å²) in [6.45, 7) is 0.630. The molecule has 1 unspecified atom stereocenters. The van der Waals surface area contributed by atoms with Crippen LogP contribution in [0.3, 0.4) is 0 Å². The second kappa shape index (κ2) is 11.4. The van der Waals surface area contributed by atoms with Crippen molar-refractivity contribution in [2.75, 3.05) is 6.61 Å². The molecule has 6 nitrogen and oxygen atoms in total. The highest BCUT2D eigenvalue weighted by Gasteiger charge is 2.21.